The van der Waals surface area contributed by atoms with Crippen molar-refractivity contribution in [2.45, 2.75) is 0 Å². The number of anilines is 1. The highest BCUT2D eigenvalue weighted by atomic mass is 127. The first-order chi connectivity index (χ1) is 13.7. The van der Waals surface area contributed by atoms with Crippen LogP contribution in [0.1, 0.15) is 20.7 Å². The molecule has 0 aliphatic rings. The number of aromatic carboxylic acids is 1. The van der Waals surface area contributed by atoms with Crippen LogP contribution in [-0.2, 0) is 0 Å². The number of rotatable bonds is 5. The first kappa shape index (κ1) is 23.5. The van der Waals surface area contributed by atoms with Gasteiger partial charge in [-0.15, -0.1) is 11.3 Å². The summed E-state index contributed by atoms with van der Waals surface area (Å²) in [5, 5.41) is 14.6. The maximum atomic E-state index is 13.0. The minimum atomic E-state index is -1.08. The summed E-state index contributed by atoms with van der Waals surface area (Å²) >= 11 is 9.79. The molecule has 0 saturated carbocycles. The molecule has 3 rings (SSSR count). The molecule has 150 valence electrons. The standard InChI is InChI=1S/C19H11I4NO4S/c1-28-16-14(22)10(6-12(21)15(16)23)17(25)24-18-13(19(26)27)11(7-29-18)8-2-4-9(20)5-3-8/h2-7H,1H3,(H,24,25)(H,26,27). The van der Waals surface area contributed by atoms with Gasteiger partial charge in [0, 0.05) is 18.1 Å². The fourth-order valence-corrected chi connectivity index (χ4v) is 6.52. The van der Waals surface area contributed by atoms with Gasteiger partial charge in [-0.3, -0.25) is 4.79 Å². The number of nitrogens with one attached hydrogen (secondary N) is 1. The molecule has 10 heteroatoms. The van der Waals surface area contributed by atoms with Crippen LogP contribution in [0.25, 0.3) is 11.1 Å². The summed E-state index contributed by atoms with van der Waals surface area (Å²) in [5.41, 5.74) is 1.90. The molecule has 5 nitrogen and oxygen atoms in total. The predicted molar refractivity (Wildman–Crippen MR) is 149 cm³/mol. The maximum absolute atomic E-state index is 13.0. The van der Waals surface area contributed by atoms with Crippen molar-refractivity contribution in [1.82, 2.24) is 0 Å². The van der Waals surface area contributed by atoms with Crippen molar-refractivity contribution in [3.8, 4) is 16.9 Å². The summed E-state index contributed by atoms with van der Waals surface area (Å²) in [7, 11) is 1.56. The second-order valence-corrected chi connectivity index (χ2v) is 11.1. The van der Waals surface area contributed by atoms with Gasteiger partial charge < -0.3 is 15.2 Å². The number of carbonyl (C=O) groups is 2. The molecule has 0 aliphatic carbocycles. The van der Waals surface area contributed by atoms with Crippen LogP contribution in [0.15, 0.2) is 35.7 Å². The van der Waals surface area contributed by atoms with Gasteiger partial charge in [0.2, 0.25) is 0 Å². The molecule has 3 aromatic rings. The highest BCUT2D eigenvalue weighted by molar-refractivity contribution is 14.1. The third-order valence-corrected chi connectivity index (χ3v) is 9.59. The topological polar surface area (TPSA) is 75.6 Å². The van der Waals surface area contributed by atoms with E-state index in [1.165, 1.54) is 11.3 Å². The van der Waals surface area contributed by atoms with Crippen molar-refractivity contribution in [3.05, 3.63) is 61.1 Å². The van der Waals surface area contributed by atoms with E-state index >= 15 is 0 Å². The summed E-state index contributed by atoms with van der Waals surface area (Å²) < 4.78 is 8.99. The Morgan fingerprint density at radius 1 is 1.07 bits per heavy atom. The fourth-order valence-electron chi connectivity index (χ4n) is 2.60. The van der Waals surface area contributed by atoms with Crippen LogP contribution >= 0.6 is 102 Å². The molecule has 0 unspecified atom stereocenters. The Bertz CT molecular complexity index is 1110. The van der Waals surface area contributed by atoms with Gasteiger partial charge in [0.1, 0.15) is 16.3 Å². The average Bonchev–Trinajstić information content (AvgIpc) is 3.09. The molecule has 0 bridgehead atoms. The number of carboxylic acids is 1. The third-order valence-electron chi connectivity index (χ3n) is 3.95. The number of thiophene rings is 1. The Kier molecular flexibility index (Phi) is 8.05. The number of methoxy groups -OCH3 is 1. The zero-order chi connectivity index (χ0) is 21.3. The number of hydrogen-bond donors (Lipinski definition) is 2. The number of carboxylic acid groups (broad SMARTS) is 1. The number of ether oxygens (including phenoxy) is 1. The van der Waals surface area contributed by atoms with E-state index in [0.717, 1.165) is 16.3 Å². The smallest absolute Gasteiger partial charge is 0.339 e. The summed E-state index contributed by atoms with van der Waals surface area (Å²) in [6.07, 6.45) is 0. The van der Waals surface area contributed by atoms with Crippen molar-refractivity contribution in [3.63, 3.8) is 0 Å². The number of benzene rings is 2. The van der Waals surface area contributed by atoms with E-state index in [4.69, 9.17) is 4.74 Å². The minimum Gasteiger partial charge on any atom is -0.494 e. The summed E-state index contributed by atoms with van der Waals surface area (Å²) in [6.45, 7) is 0. The zero-order valence-electron chi connectivity index (χ0n) is 14.6. The Morgan fingerprint density at radius 2 is 1.72 bits per heavy atom. The third kappa shape index (κ3) is 5.01. The fraction of sp³-hybridized carbons (Fsp3) is 0.0526. The summed E-state index contributed by atoms with van der Waals surface area (Å²) in [6, 6.07) is 9.35. The molecule has 1 aromatic heterocycles. The molecule has 1 amide bonds. The van der Waals surface area contributed by atoms with E-state index in [0.29, 0.717) is 25.4 Å². The van der Waals surface area contributed by atoms with Crippen LogP contribution < -0.4 is 10.1 Å². The quantitative estimate of drug-likeness (QED) is 0.219. The molecular weight excluding hydrogens is 846 g/mol. The normalized spacial score (nSPS) is 10.7. The van der Waals surface area contributed by atoms with Crippen molar-refractivity contribution >= 4 is 119 Å². The second kappa shape index (κ2) is 9.95. The Hall–Kier alpha value is -0.200. The lowest BCUT2D eigenvalue weighted by Gasteiger charge is -2.13. The average molecular weight is 857 g/mol. The van der Waals surface area contributed by atoms with Gasteiger partial charge in [-0.1, -0.05) is 12.1 Å². The van der Waals surface area contributed by atoms with Gasteiger partial charge >= 0.3 is 5.97 Å². The lowest BCUT2D eigenvalue weighted by Crippen LogP contribution is -2.16. The van der Waals surface area contributed by atoms with E-state index in [9.17, 15) is 14.7 Å². The first-order valence-corrected chi connectivity index (χ1v) is 13.1. The van der Waals surface area contributed by atoms with E-state index in [1.54, 1.807) is 18.6 Å². The molecule has 0 saturated heterocycles. The van der Waals surface area contributed by atoms with Crippen LogP contribution in [0, 0.1) is 14.3 Å². The van der Waals surface area contributed by atoms with E-state index in [1.807, 2.05) is 24.3 Å². The van der Waals surface area contributed by atoms with Crippen LogP contribution in [-0.4, -0.2) is 24.1 Å². The molecule has 0 fully saturated rings. The molecule has 0 radical (unpaired) electrons. The van der Waals surface area contributed by atoms with Gasteiger partial charge in [-0.05, 0) is 114 Å². The molecule has 0 atom stereocenters. The van der Waals surface area contributed by atoms with Gasteiger partial charge in [0.15, 0.2) is 0 Å². The van der Waals surface area contributed by atoms with Crippen molar-refractivity contribution < 1.29 is 19.4 Å². The number of hydrogen-bond acceptors (Lipinski definition) is 4. The van der Waals surface area contributed by atoms with Crippen molar-refractivity contribution in [1.29, 1.82) is 0 Å². The second-order valence-electron chi connectivity index (χ2n) is 5.69. The monoisotopic (exact) mass is 857 g/mol. The largest absolute Gasteiger partial charge is 0.494 e. The first-order valence-electron chi connectivity index (χ1n) is 7.88. The van der Waals surface area contributed by atoms with Crippen LogP contribution in [0.3, 0.4) is 0 Å². The molecule has 2 N–H and O–H groups in total. The lowest BCUT2D eigenvalue weighted by molar-refractivity contribution is 0.0699. The molecule has 0 aliphatic heterocycles. The van der Waals surface area contributed by atoms with Gasteiger partial charge in [0.05, 0.1) is 19.8 Å². The Morgan fingerprint density at radius 3 is 2.31 bits per heavy atom. The molecule has 1 heterocycles. The Balaban J connectivity index is 2.01. The maximum Gasteiger partial charge on any atom is 0.339 e. The molecular formula is C19H11I4NO4S. The Labute approximate surface area is 225 Å². The summed E-state index contributed by atoms with van der Waals surface area (Å²) in [5.74, 6) is -0.826. The number of amides is 1. The molecule has 0 spiro atoms. The molecule has 29 heavy (non-hydrogen) atoms. The highest BCUT2D eigenvalue weighted by Gasteiger charge is 2.24. The highest BCUT2D eigenvalue weighted by Crippen LogP contribution is 2.38. The van der Waals surface area contributed by atoms with Gasteiger partial charge in [-0.25, -0.2) is 4.79 Å². The zero-order valence-corrected chi connectivity index (χ0v) is 24.0. The van der Waals surface area contributed by atoms with Crippen LogP contribution in [0.5, 0.6) is 5.75 Å². The van der Waals surface area contributed by atoms with E-state index in [2.05, 4.69) is 95.7 Å². The van der Waals surface area contributed by atoms with E-state index in [-0.39, 0.29) is 11.5 Å². The molecule has 2 aromatic carbocycles. The summed E-state index contributed by atoms with van der Waals surface area (Å²) in [4.78, 5) is 24.9. The SMILES string of the molecule is COc1c(I)c(I)cc(C(=O)Nc2scc(-c3ccc(I)cc3)c2C(=O)O)c1I. The number of carbonyl (C=O) groups excluding carboxylic acids is 1. The predicted octanol–water partition coefficient (Wildman–Crippen LogP) is 6.79. The van der Waals surface area contributed by atoms with Gasteiger partial charge in [0.25, 0.3) is 5.91 Å². The van der Waals surface area contributed by atoms with Crippen LogP contribution in [0.4, 0.5) is 5.00 Å². The van der Waals surface area contributed by atoms with Crippen molar-refractivity contribution in [2.24, 2.45) is 0 Å². The van der Waals surface area contributed by atoms with E-state index < -0.39 is 5.97 Å². The van der Waals surface area contributed by atoms with Crippen molar-refractivity contribution in [2.75, 3.05) is 12.4 Å². The van der Waals surface area contributed by atoms with Crippen LogP contribution in [0.2, 0.25) is 0 Å². The lowest BCUT2D eigenvalue weighted by atomic mass is 10.0. The minimum absolute atomic E-state index is 0.0896. The van der Waals surface area contributed by atoms with Gasteiger partial charge in [-0.2, -0.15) is 0 Å². The number of halogens is 4.